The molecule has 18 heavy (non-hydrogen) atoms. The van der Waals surface area contributed by atoms with Crippen molar-refractivity contribution in [3.05, 3.63) is 79.4 Å². The van der Waals surface area contributed by atoms with Gasteiger partial charge in [-0.3, -0.25) is 0 Å². The van der Waals surface area contributed by atoms with E-state index in [1.807, 2.05) is 30.4 Å². The lowest BCUT2D eigenvalue weighted by Gasteiger charge is -2.23. The minimum Gasteiger partial charge on any atom is -0.329 e. The summed E-state index contributed by atoms with van der Waals surface area (Å²) in [4.78, 5) is 4.34. The standard InChI is InChI=1S/C16H18N2/c1-3-10-17-12-13-18(11-4-2)16(17)14-15-8-6-5-7-9-15/h3-9,12-14H,1-2,10-11H2. The van der Waals surface area contributed by atoms with Crippen LogP contribution in [0.5, 0.6) is 0 Å². The summed E-state index contributed by atoms with van der Waals surface area (Å²) in [5.74, 6) is 1.15. The fourth-order valence-corrected chi connectivity index (χ4v) is 1.93. The van der Waals surface area contributed by atoms with E-state index in [1.165, 1.54) is 5.56 Å². The van der Waals surface area contributed by atoms with Crippen molar-refractivity contribution >= 4 is 6.08 Å². The molecule has 1 aliphatic heterocycles. The molecule has 0 aliphatic carbocycles. The molecule has 1 aromatic rings. The van der Waals surface area contributed by atoms with Gasteiger partial charge >= 0.3 is 0 Å². The molecule has 0 saturated heterocycles. The van der Waals surface area contributed by atoms with Crippen molar-refractivity contribution in [2.24, 2.45) is 0 Å². The van der Waals surface area contributed by atoms with Crippen molar-refractivity contribution in [1.82, 2.24) is 9.80 Å². The van der Waals surface area contributed by atoms with Gasteiger partial charge in [0, 0.05) is 25.5 Å². The van der Waals surface area contributed by atoms with Crippen LogP contribution < -0.4 is 0 Å². The van der Waals surface area contributed by atoms with E-state index in [4.69, 9.17) is 0 Å². The highest BCUT2D eigenvalue weighted by atomic mass is 15.4. The van der Waals surface area contributed by atoms with Gasteiger partial charge in [-0.25, -0.2) is 0 Å². The summed E-state index contributed by atoms with van der Waals surface area (Å²) in [6.07, 6.45) is 10.1. The molecule has 0 radical (unpaired) electrons. The second kappa shape index (κ2) is 5.92. The number of hydrogen-bond acceptors (Lipinski definition) is 2. The molecule has 0 unspecified atom stereocenters. The van der Waals surface area contributed by atoms with Crippen LogP contribution in [-0.4, -0.2) is 22.9 Å². The van der Waals surface area contributed by atoms with Crippen LogP contribution in [0.1, 0.15) is 5.56 Å². The van der Waals surface area contributed by atoms with Crippen molar-refractivity contribution in [2.75, 3.05) is 13.1 Å². The van der Waals surface area contributed by atoms with Gasteiger partial charge in [-0.15, -0.1) is 13.2 Å². The maximum Gasteiger partial charge on any atom is 0.113 e. The second-order valence-corrected chi connectivity index (χ2v) is 4.09. The molecule has 0 aromatic heterocycles. The second-order valence-electron chi connectivity index (χ2n) is 4.09. The molecule has 0 saturated carbocycles. The molecule has 0 N–H and O–H groups in total. The van der Waals surface area contributed by atoms with Gasteiger partial charge in [-0.1, -0.05) is 42.5 Å². The number of rotatable bonds is 5. The summed E-state index contributed by atoms with van der Waals surface area (Å²) in [5.41, 5.74) is 1.19. The van der Waals surface area contributed by atoms with E-state index in [2.05, 4.69) is 53.6 Å². The zero-order valence-corrected chi connectivity index (χ0v) is 10.5. The monoisotopic (exact) mass is 238 g/mol. The van der Waals surface area contributed by atoms with Gasteiger partial charge in [0.25, 0.3) is 0 Å². The first-order chi connectivity index (χ1) is 8.85. The van der Waals surface area contributed by atoms with Crippen LogP contribution in [0.25, 0.3) is 6.08 Å². The Morgan fingerprint density at radius 2 is 1.44 bits per heavy atom. The van der Waals surface area contributed by atoms with Gasteiger partial charge in [0.05, 0.1) is 0 Å². The van der Waals surface area contributed by atoms with Gasteiger partial charge in [0.2, 0.25) is 0 Å². The Bertz CT molecular complexity index is 449. The molecular formula is C16H18N2. The van der Waals surface area contributed by atoms with Crippen molar-refractivity contribution in [3.63, 3.8) is 0 Å². The molecule has 1 aromatic carbocycles. The van der Waals surface area contributed by atoms with Gasteiger partial charge in [-0.05, 0) is 11.6 Å². The van der Waals surface area contributed by atoms with E-state index in [1.54, 1.807) is 0 Å². The summed E-state index contributed by atoms with van der Waals surface area (Å²) in [5, 5.41) is 0. The van der Waals surface area contributed by atoms with Crippen LogP contribution in [0, 0.1) is 0 Å². The minimum atomic E-state index is 0.808. The van der Waals surface area contributed by atoms with E-state index >= 15 is 0 Å². The first-order valence-electron chi connectivity index (χ1n) is 6.05. The SMILES string of the molecule is C=CCN1C=CN(CC=C)C1=Cc1ccccc1. The van der Waals surface area contributed by atoms with Gasteiger partial charge in [-0.2, -0.15) is 0 Å². The summed E-state index contributed by atoms with van der Waals surface area (Å²) in [7, 11) is 0. The first kappa shape index (κ1) is 12.2. The minimum absolute atomic E-state index is 0.808. The fourth-order valence-electron chi connectivity index (χ4n) is 1.93. The molecule has 1 aliphatic rings. The Kier molecular flexibility index (Phi) is 4.02. The first-order valence-corrected chi connectivity index (χ1v) is 6.05. The molecule has 0 fully saturated rings. The smallest absolute Gasteiger partial charge is 0.113 e. The lowest BCUT2D eigenvalue weighted by molar-refractivity contribution is 0.406. The molecule has 0 amide bonds. The molecule has 0 atom stereocenters. The van der Waals surface area contributed by atoms with Crippen molar-refractivity contribution in [3.8, 4) is 0 Å². The lowest BCUT2D eigenvalue weighted by atomic mass is 10.2. The molecule has 0 bridgehead atoms. The zero-order chi connectivity index (χ0) is 12.8. The Labute approximate surface area is 109 Å². The van der Waals surface area contributed by atoms with Crippen molar-refractivity contribution in [2.45, 2.75) is 0 Å². The zero-order valence-electron chi connectivity index (χ0n) is 10.5. The normalized spacial score (nSPS) is 13.9. The third-order valence-corrected chi connectivity index (χ3v) is 2.76. The highest BCUT2D eigenvalue weighted by molar-refractivity contribution is 5.53. The molecule has 2 heteroatoms. The average molecular weight is 238 g/mol. The molecule has 0 spiro atoms. The van der Waals surface area contributed by atoms with Crippen LogP contribution >= 0.6 is 0 Å². The maximum absolute atomic E-state index is 3.80. The topological polar surface area (TPSA) is 6.48 Å². The molecule has 2 nitrogen and oxygen atoms in total. The van der Waals surface area contributed by atoms with Gasteiger partial charge in [0.1, 0.15) is 5.82 Å². The van der Waals surface area contributed by atoms with Crippen LogP contribution in [0.2, 0.25) is 0 Å². The van der Waals surface area contributed by atoms with Crippen LogP contribution in [0.3, 0.4) is 0 Å². The highest BCUT2D eigenvalue weighted by Gasteiger charge is 2.17. The third kappa shape index (κ3) is 2.72. The number of hydrogen-bond donors (Lipinski definition) is 0. The predicted octanol–water partition coefficient (Wildman–Crippen LogP) is 3.45. The maximum atomic E-state index is 3.80. The Balaban J connectivity index is 2.27. The van der Waals surface area contributed by atoms with E-state index in [9.17, 15) is 0 Å². The Hall–Kier alpha value is -2.22. The summed E-state index contributed by atoms with van der Waals surface area (Å²) >= 11 is 0. The van der Waals surface area contributed by atoms with E-state index < -0.39 is 0 Å². The van der Waals surface area contributed by atoms with E-state index in [0.717, 1.165) is 18.9 Å². The number of benzene rings is 1. The lowest BCUT2D eigenvalue weighted by Crippen LogP contribution is -2.23. The Morgan fingerprint density at radius 3 is 1.94 bits per heavy atom. The van der Waals surface area contributed by atoms with E-state index in [0.29, 0.717) is 0 Å². The quantitative estimate of drug-likeness (QED) is 0.725. The van der Waals surface area contributed by atoms with Gasteiger partial charge in [0.15, 0.2) is 0 Å². The van der Waals surface area contributed by atoms with Crippen molar-refractivity contribution < 1.29 is 0 Å². The summed E-state index contributed by atoms with van der Waals surface area (Å²) in [6.45, 7) is 9.21. The molecule has 1 heterocycles. The van der Waals surface area contributed by atoms with Crippen LogP contribution in [0.15, 0.2) is 73.9 Å². The van der Waals surface area contributed by atoms with Crippen LogP contribution in [-0.2, 0) is 0 Å². The Morgan fingerprint density at radius 1 is 0.889 bits per heavy atom. The largest absolute Gasteiger partial charge is 0.329 e. The predicted molar refractivity (Wildman–Crippen MR) is 77.4 cm³/mol. The fraction of sp³-hybridized carbons (Fsp3) is 0.125. The van der Waals surface area contributed by atoms with Crippen molar-refractivity contribution in [1.29, 1.82) is 0 Å². The van der Waals surface area contributed by atoms with Gasteiger partial charge < -0.3 is 9.80 Å². The molecule has 92 valence electrons. The summed E-state index contributed by atoms with van der Waals surface area (Å²) in [6, 6.07) is 10.3. The highest BCUT2D eigenvalue weighted by Crippen LogP contribution is 2.22. The number of nitrogens with zero attached hydrogens (tertiary/aromatic N) is 2. The molecular weight excluding hydrogens is 220 g/mol. The average Bonchev–Trinajstić information content (AvgIpc) is 2.75. The third-order valence-electron chi connectivity index (χ3n) is 2.76. The van der Waals surface area contributed by atoms with E-state index in [-0.39, 0.29) is 0 Å². The van der Waals surface area contributed by atoms with Crippen LogP contribution in [0.4, 0.5) is 0 Å². The molecule has 2 rings (SSSR count). The summed E-state index contributed by atoms with van der Waals surface area (Å²) < 4.78 is 0.